The Balaban J connectivity index is 2.04. The molecule has 0 fully saturated rings. The Labute approximate surface area is 146 Å². The molecule has 0 amide bonds. The Morgan fingerprint density at radius 1 is 1.21 bits per heavy atom. The maximum atomic E-state index is 11.5. The number of quaternary nitrogens is 1. The topological polar surface area (TPSA) is 26.3 Å². The van der Waals surface area contributed by atoms with Crippen LogP contribution in [0.2, 0.25) is 0 Å². The summed E-state index contributed by atoms with van der Waals surface area (Å²) in [5.41, 5.74) is 3.41. The number of methoxy groups -OCH3 is 1. The maximum absolute atomic E-state index is 11.5. The van der Waals surface area contributed by atoms with Crippen molar-refractivity contribution in [1.82, 2.24) is 0 Å². The SMILES string of the molecule is COC(=O)c1ccc(C[N+](C)(C)C[C@@H]2[C@H](C)CC(C)=C[C@@H]2C)cc1. The van der Waals surface area contributed by atoms with Crippen molar-refractivity contribution >= 4 is 5.97 Å². The molecule has 3 heteroatoms. The van der Waals surface area contributed by atoms with E-state index in [2.05, 4.69) is 40.9 Å². The van der Waals surface area contributed by atoms with Crippen molar-refractivity contribution in [3.63, 3.8) is 0 Å². The van der Waals surface area contributed by atoms with E-state index in [0.717, 1.165) is 22.9 Å². The number of carbonyl (C=O) groups is 1. The second kappa shape index (κ2) is 7.52. The molecular weight excluding hydrogens is 298 g/mol. The number of rotatable bonds is 5. The molecule has 0 saturated carbocycles. The molecule has 1 aromatic carbocycles. The van der Waals surface area contributed by atoms with Gasteiger partial charge in [0.1, 0.15) is 6.54 Å². The van der Waals surface area contributed by atoms with Gasteiger partial charge in [-0.3, -0.25) is 0 Å². The van der Waals surface area contributed by atoms with Crippen LogP contribution in [0, 0.1) is 17.8 Å². The number of benzene rings is 1. The van der Waals surface area contributed by atoms with Crippen molar-refractivity contribution in [3.8, 4) is 0 Å². The van der Waals surface area contributed by atoms with Crippen LogP contribution in [0.5, 0.6) is 0 Å². The average Bonchev–Trinajstić information content (AvgIpc) is 2.50. The smallest absolute Gasteiger partial charge is 0.337 e. The van der Waals surface area contributed by atoms with Gasteiger partial charge >= 0.3 is 5.97 Å². The van der Waals surface area contributed by atoms with Gasteiger partial charge in [-0.2, -0.15) is 0 Å². The summed E-state index contributed by atoms with van der Waals surface area (Å²) >= 11 is 0. The van der Waals surface area contributed by atoms with E-state index in [-0.39, 0.29) is 5.97 Å². The Morgan fingerprint density at radius 2 is 1.83 bits per heavy atom. The molecular formula is C21H32NO2+. The summed E-state index contributed by atoms with van der Waals surface area (Å²) in [4.78, 5) is 11.5. The molecule has 0 bridgehead atoms. The van der Waals surface area contributed by atoms with E-state index in [1.54, 1.807) is 0 Å². The number of nitrogens with zero attached hydrogens (tertiary/aromatic N) is 1. The molecule has 1 aliphatic rings. The fraction of sp³-hybridized carbons (Fsp3) is 0.571. The van der Waals surface area contributed by atoms with Gasteiger partial charge in [0.25, 0.3) is 0 Å². The van der Waals surface area contributed by atoms with Gasteiger partial charge in [0, 0.05) is 11.5 Å². The third kappa shape index (κ3) is 4.70. The molecule has 1 aliphatic carbocycles. The van der Waals surface area contributed by atoms with Crippen LogP contribution in [0.3, 0.4) is 0 Å². The summed E-state index contributed by atoms with van der Waals surface area (Å²) in [6.07, 6.45) is 3.68. The lowest BCUT2D eigenvalue weighted by Crippen LogP contribution is -2.46. The van der Waals surface area contributed by atoms with E-state index in [1.807, 2.05) is 24.3 Å². The Kier molecular flexibility index (Phi) is 5.87. The molecule has 0 spiro atoms. The van der Waals surface area contributed by atoms with Crippen molar-refractivity contribution in [2.24, 2.45) is 17.8 Å². The van der Waals surface area contributed by atoms with Gasteiger partial charge in [-0.15, -0.1) is 0 Å². The number of allylic oxidation sites excluding steroid dienone is 2. The van der Waals surface area contributed by atoms with Crippen molar-refractivity contribution in [2.45, 2.75) is 33.7 Å². The zero-order valence-electron chi connectivity index (χ0n) is 16.0. The van der Waals surface area contributed by atoms with Gasteiger partial charge < -0.3 is 9.22 Å². The summed E-state index contributed by atoms with van der Waals surface area (Å²) in [7, 11) is 6.02. The first-order valence-corrected chi connectivity index (χ1v) is 8.88. The summed E-state index contributed by atoms with van der Waals surface area (Å²) in [5.74, 6) is 1.83. The number of ether oxygens (including phenoxy) is 1. The first-order valence-electron chi connectivity index (χ1n) is 8.88. The van der Waals surface area contributed by atoms with Crippen LogP contribution in [0.1, 0.15) is 43.1 Å². The molecule has 132 valence electrons. The van der Waals surface area contributed by atoms with Crippen molar-refractivity contribution < 1.29 is 14.0 Å². The summed E-state index contributed by atoms with van der Waals surface area (Å²) < 4.78 is 5.72. The lowest BCUT2D eigenvalue weighted by atomic mass is 9.74. The molecule has 24 heavy (non-hydrogen) atoms. The Morgan fingerprint density at radius 3 is 2.38 bits per heavy atom. The number of carbonyl (C=O) groups excluding carboxylic acids is 1. The van der Waals surface area contributed by atoms with Crippen LogP contribution >= 0.6 is 0 Å². The molecule has 3 nitrogen and oxygen atoms in total. The highest BCUT2D eigenvalue weighted by molar-refractivity contribution is 5.89. The third-order valence-electron chi connectivity index (χ3n) is 5.29. The summed E-state index contributed by atoms with van der Waals surface area (Å²) in [6, 6.07) is 7.81. The fourth-order valence-corrected chi connectivity index (χ4v) is 4.16. The normalized spacial score (nSPS) is 24.4. The van der Waals surface area contributed by atoms with E-state index in [4.69, 9.17) is 4.74 Å². The van der Waals surface area contributed by atoms with Crippen LogP contribution in [-0.4, -0.2) is 38.2 Å². The van der Waals surface area contributed by atoms with E-state index >= 15 is 0 Å². The molecule has 3 atom stereocenters. The quantitative estimate of drug-likeness (QED) is 0.457. The van der Waals surface area contributed by atoms with E-state index in [1.165, 1.54) is 31.2 Å². The zero-order chi connectivity index (χ0) is 17.9. The molecule has 0 aromatic heterocycles. The van der Waals surface area contributed by atoms with Crippen molar-refractivity contribution in [1.29, 1.82) is 0 Å². The van der Waals surface area contributed by atoms with Crippen molar-refractivity contribution in [3.05, 3.63) is 47.0 Å². The summed E-state index contributed by atoms with van der Waals surface area (Å²) in [6.45, 7) is 9.15. The predicted octanol–water partition coefficient (Wildman–Crippen LogP) is 4.29. The third-order valence-corrected chi connectivity index (χ3v) is 5.29. The molecule has 0 radical (unpaired) electrons. The second-order valence-corrected chi connectivity index (χ2v) is 8.18. The monoisotopic (exact) mass is 330 g/mol. The van der Waals surface area contributed by atoms with Gasteiger partial charge in [0.05, 0.1) is 33.3 Å². The number of hydrogen-bond acceptors (Lipinski definition) is 2. The molecule has 0 aliphatic heterocycles. The molecule has 1 aromatic rings. The minimum atomic E-state index is -0.276. The second-order valence-electron chi connectivity index (χ2n) is 8.18. The Hall–Kier alpha value is -1.61. The lowest BCUT2D eigenvalue weighted by Gasteiger charge is -2.40. The fourth-order valence-electron chi connectivity index (χ4n) is 4.16. The van der Waals surface area contributed by atoms with E-state index in [9.17, 15) is 4.79 Å². The van der Waals surface area contributed by atoms with E-state index in [0.29, 0.717) is 11.5 Å². The van der Waals surface area contributed by atoms with Gasteiger partial charge in [-0.05, 0) is 37.3 Å². The maximum Gasteiger partial charge on any atom is 0.337 e. The predicted molar refractivity (Wildman–Crippen MR) is 98.7 cm³/mol. The molecule has 0 saturated heterocycles. The van der Waals surface area contributed by atoms with Gasteiger partial charge in [0.2, 0.25) is 0 Å². The largest absolute Gasteiger partial charge is 0.465 e. The minimum Gasteiger partial charge on any atom is -0.465 e. The average molecular weight is 330 g/mol. The molecule has 2 rings (SSSR count). The molecule has 0 heterocycles. The van der Waals surface area contributed by atoms with Crippen LogP contribution in [0.25, 0.3) is 0 Å². The number of hydrogen-bond donors (Lipinski definition) is 0. The van der Waals surface area contributed by atoms with Gasteiger partial charge in [-0.1, -0.05) is 37.6 Å². The summed E-state index contributed by atoms with van der Waals surface area (Å²) in [5, 5.41) is 0. The van der Waals surface area contributed by atoms with Crippen LogP contribution in [-0.2, 0) is 11.3 Å². The first-order chi connectivity index (χ1) is 11.2. The first kappa shape index (κ1) is 18.7. The lowest BCUT2D eigenvalue weighted by molar-refractivity contribution is -0.907. The minimum absolute atomic E-state index is 0.276. The highest BCUT2D eigenvalue weighted by atomic mass is 16.5. The van der Waals surface area contributed by atoms with Gasteiger partial charge in [0.15, 0.2) is 0 Å². The molecule has 0 unspecified atom stereocenters. The van der Waals surface area contributed by atoms with Crippen LogP contribution in [0.4, 0.5) is 0 Å². The molecule has 0 N–H and O–H groups in total. The standard InChI is InChI=1S/C21H32NO2/c1-15-11-16(2)20(17(3)12-15)14-22(4,5)13-18-7-9-19(10-8-18)21(23)24-6/h7-11,16-17,20H,12-14H2,1-6H3/q+1/t16-,17+,20-/m0/s1. The van der Waals surface area contributed by atoms with Crippen molar-refractivity contribution in [2.75, 3.05) is 27.7 Å². The number of esters is 1. The highest BCUT2D eigenvalue weighted by Crippen LogP contribution is 2.35. The van der Waals surface area contributed by atoms with Gasteiger partial charge in [-0.25, -0.2) is 4.79 Å². The van der Waals surface area contributed by atoms with Crippen LogP contribution < -0.4 is 0 Å². The van der Waals surface area contributed by atoms with Crippen LogP contribution in [0.15, 0.2) is 35.9 Å². The van der Waals surface area contributed by atoms with E-state index < -0.39 is 0 Å². The zero-order valence-corrected chi connectivity index (χ0v) is 16.0. The highest BCUT2D eigenvalue weighted by Gasteiger charge is 2.32. The Bertz CT molecular complexity index is 601.